The maximum absolute atomic E-state index is 14.3. The van der Waals surface area contributed by atoms with Crippen molar-refractivity contribution in [1.82, 2.24) is 21.3 Å². The second-order valence-corrected chi connectivity index (χ2v) is 15.5. The summed E-state index contributed by atoms with van der Waals surface area (Å²) < 4.78 is 51.1. The fourth-order valence-electron chi connectivity index (χ4n) is 5.78. The van der Waals surface area contributed by atoms with E-state index in [0.717, 1.165) is 5.56 Å². The number of rotatable bonds is 16. The highest BCUT2D eigenvalue weighted by Crippen LogP contribution is 2.27. The Morgan fingerprint density at radius 1 is 0.696 bits per heavy atom. The molecule has 0 aliphatic rings. The number of carbonyl (C=O) groups is 5. The van der Waals surface area contributed by atoms with Gasteiger partial charge in [-0.05, 0) is 79.1 Å². The molecule has 4 atom stereocenters. The molecule has 15 heteroatoms. The second kappa shape index (κ2) is 19.7. The largest absolute Gasteiger partial charge is 0.497 e. The molecule has 0 aromatic heterocycles. The number of hydrogen-bond acceptors (Lipinski definition) is 7. The Morgan fingerprint density at radius 2 is 1.25 bits per heavy atom. The van der Waals surface area contributed by atoms with E-state index in [0.29, 0.717) is 21.9 Å². The van der Waals surface area contributed by atoms with Crippen LogP contribution in [0.4, 0.5) is 18.0 Å². The summed E-state index contributed by atoms with van der Waals surface area (Å²) in [6.07, 6.45) is -5.89. The minimum atomic E-state index is -5.23. The summed E-state index contributed by atoms with van der Waals surface area (Å²) in [5.74, 6) is -6.03. The zero-order chi connectivity index (χ0) is 42.0. The number of alkyl halides is 3. The van der Waals surface area contributed by atoms with Crippen molar-refractivity contribution in [2.75, 3.05) is 7.11 Å². The van der Waals surface area contributed by atoms with Crippen molar-refractivity contribution in [2.45, 2.75) is 97.3 Å². The number of methoxy groups -OCH3 is 1. The number of benzene rings is 3. The number of Topliss-reactive ketones (excluding diaryl/α,β-unsaturated/α-hetero) is 1. The summed E-state index contributed by atoms with van der Waals surface area (Å²) in [5, 5.41) is 10.8. The highest BCUT2D eigenvalue weighted by atomic mass is 35.5. The number of hydrogen-bond donors (Lipinski definition) is 4. The zero-order valence-corrected chi connectivity index (χ0v) is 33.4. The van der Waals surface area contributed by atoms with E-state index in [1.54, 1.807) is 69.3 Å². The highest BCUT2D eigenvalue weighted by Gasteiger charge is 2.45. The van der Waals surface area contributed by atoms with Crippen molar-refractivity contribution in [3.8, 4) is 5.75 Å². The number of amides is 4. The summed E-state index contributed by atoms with van der Waals surface area (Å²) in [5.41, 5.74) is 1.45. The van der Waals surface area contributed by atoms with Crippen molar-refractivity contribution in [3.05, 3.63) is 100 Å². The van der Waals surface area contributed by atoms with Gasteiger partial charge >= 0.3 is 12.3 Å². The van der Waals surface area contributed by atoms with Gasteiger partial charge < -0.3 is 30.7 Å². The summed E-state index contributed by atoms with van der Waals surface area (Å²) >= 11 is 6.10. The van der Waals surface area contributed by atoms with Crippen LogP contribution in [0.5, 0.6) is 5.75 Å². The Kier molecular flexibility index (Phi) is 15.9. The van der Waals surface area contributed by atoms with Crippen LogP contribution in [0.25, 0.3) is 0 Å². The van der Waals surface area contributed by atoms with Gasteiger partial charge in [-0.3, -0.25) is 19.2 Å². The van der Waals surface area contributed by atoms with Gasteiger partial charge in [0.15, 0.2) is 0 Å². The number of ketones is 1. The fraction of sp³-hybridized carbons (Fsp3) is 0.439. The van der Waals surface area contributed by atoms with Gasteiger partial charge in [-0.15, -0.1) is 0 Å². The molecule has 3 aromatic carbocycles. The number of halogens is 4. The van der Waals surface area contributed by atoms with E-state index in [4.69, 9.17) is 21.1 Å². The van der Waals surface area contributed by atoms with Crippen LogP contribution < -0.4 is 26.0 Å². The van der Waals surface area contributed by atoms with Crippen LogP contribution in [0, 0.1) is 11.8 Å². The van der Waals surface area contributed by atoms with Crippen LogP contribution >= 0.6 is 11.6 Å². The van der Waals surface area contributed by atoms with Crippen molar-refractivity contribution in [2.24, 2.45) is 11.8 Å². The minimum absolute atomic E-state index is 0.0685. The molecule has 0 unspecified atom stereocenters. The second-order valence-electron chi connectivity index (χ2n) is 15.0. The quantitative estimate of drug-likeness (QED) is 0.122. The van der Waals surface area contributed by atoms with Crippen LogP contribution in [0.1, 0.15) is 82.7 Å². The summed E-state index contributed by atoms with van der Waals surface area (Å²) in [7, 11) is 1.42. The summed E-state index contributed by atoms with van der Waals surface area (Å²) in [6, 6.07) is 14.7. The lowest BCUT2D eigenvalue weighted by Gasteiger charge is -2.28. The molecule has 0 saturated carbocycles. The van der Waals surface area contributed by atoms with Gasteiger partial charge in [0.05, 0.1) is 19.1 Å². The first-order chi connectivity index (χ1) is 26.1. The fourth-order valence-corrected chi connectivity index (χ4v) is 5.91. The third kappa shape index (κ3) is 13.6. The molecule has 11 nitrogen and oxygen atoms in total. The van der Waals surface area contributed by atoms with E-state index in [9.17, 15) is 37.1 Å². The standard InChI is InChI=1S/C41H50ClF3N4O7/c1-23(2)32(27-13-17-29(42)18-14-27)37(52)47-31(21-25-9-11-26(12-10-25)22-46-39(54)56-40(5,6)7)36(51)49-34(28-15-19-30(55-8)20-16-28)38(53)48-33(24(3)4)35(50)41(43,44)45/h9-20,23-24,31-34H,21-22H2,1-8H3,(H,46,54)(H,47,52)(H,48,53)(H,49,51)/t31-,32-,33-,34-/m0/s1. The Bertz CT molecular complexity index is 1810. The van der Waals surface area contributed by atoms with Crippen molar-refractivity contribution in [3.63, 3.8) is 0 Å². The molecule has 0 spiro atoms. The predicted octanol–water partition coefficient (Wildman–Crippen LogP) is 6.97. The van der Waals surface area contributed by atoms with Gasteiger partial charge in [0.25, 0.3) is 5.78 Å². The number of alkyl carbamates (subject to hydrolysis) is 1. The topological polar surface area (TPSA) is 152 Å². The molecule has 0 aliphatic carbocycles. The molecule has 0 aliphatic heterocycles. The van der Waals surface area contributed by atoms with E-state index < -0.39 is 71.3 Å². The molecular formula is C41H50ClF3N4O7. The Hall–Kier alpha value is -5.11. The molecule has 3 rings (SSSR count). The Labute approximate surface area is 330 Å². The molecule has 0 saturated heterocycles. The molecular weight excluding hydrogens is 753 g/mol. The van der Waals surface area contributed by atoms with Crippen LogP contribution in [0.15, 0.2) is 72.8 Å². The van der Waals surface area contributed by atoms with Gasteiger partial charge in [0.1, 0.15) is 23.4 Å². The van der Waals surface area contributed by atoms with Crippen molar-refractivity contribution < 1.29 is 46.6 Å². The maximum Gasteiger partial charge on any atom is 0.452 e. The molecule has 4 amide bonds. The summed E-state index contributed by atoms with van der Waals surface area (Å²) in [6.45, 7) is 11.8. The van der Waals surface area contributed by atoms with Gasteiger partial charge in [-0.2, -0.15) is 13.2 Å². The normalized spacial score (nSPS) is 13.9. The van der Waals surface area contributed by atoms with Crippen LogP contribution in [0.2, 0.25) is 5.02 Å². The van der Waals surface area contributed by atoms with Crippen LogP contribution in [-0.2, 0) is 36.9 Å². The van der Waals surface area contributed by atoms with Gasteiger partial charge in [-0.1, -0.05) is 87.8 Å². The first-order valence-electron chi connectivity index (χ1n) is 18.1. The molecule has 0 fully saturated rings. The maximum atomic E-state index is 14.3. The van der Waals surface area contributed by atoms with Gasteiger partial charge in [-0.25, -0.2) is 4.79 Å². The van der Waals surface area contributed by atoms with E-state index in [2.05, 4.69) is 21.3 Å². The number of ether oxygens (including phenoxy) is 2. The molecule has 0 radical (unpaired) electrons. The van der Waals surface area contributed by atoms with E-state index in [1.165, 1.54) is 45.2 Å². The molecule has 0 heterocycles. The average Bonchev–Trinajstić information content (AvgIpc) is 3.11. The van der Waals surface area contributed by atoms with Crippen molar-refractivity contribution in [1.29, 1.82) is 0 Å². The van der Waals surface area contributed by atoms with E-state index in [1.807, 2.05) is 13.8 Å². The highest BCUT2D eigenvalue weighted by molar-refractivity contribution is 6.30. The number of nitrogens with one attached hydrogen (secondary N) is 4. The average molecular weight is 803 g/mol. The molecule has 4 N–H and O–H groups in total. The van der Waals surface area contributed by atoms with Gasteiger partial charge in [0.2, 0.25) is 17.7 Å². The third-order valence-electron chi connectivity index (χ3n) is 8.63. The third-order valence-corrected chi connectivity index (χ3v) is 8.89. The molecule has 3 aromatic rings. The lowest BCUT2D eigenvalue weighted by Crippen LogP contribution is -2.55. The number of carbonyl (C=O) groups excluding carboxylic acids is 5. The minimum Gasteiger partial charge on any atom is -0.497 e. The van der Waals surface area contributed by atoms with E-state index in [-0.39, 0.29) is 24.4 Å². The van der Waals surface area contributed by atoms with Crippen LogP contribution in [0.3, 0.4) is 0 Å². The van der Waals surface area contributed by atoms with Crippen LogP contribution in [-0.4, -0.2) is 60.6 Å². The van der Waals surface area contributed by atoms with E-state index >= 15 is 0 Å². The molecule has 0 bridgehead atoms. The SMILES string of the molecule is COc1ccc([C@H](NC(=O)[C@H](Cc2ccc(CNC(=O)OC(C)(C)C)cc2)NC(=O)[C@H](c2ccc(Cl)cc2)C(C)C)C(=O)N[C@H](C(=O)C(F)(F)F)C(C)C)cc1. The lowest BCUT2D eigenvalue weighted by molar-refractivity contribution is -0.175. The molecule has 56 heavy (non-hydrogen) atoms. The Morgan fingerprint density at radius 3 is 1.75 bits per heavy atom. The Balaban J connectivity index is 1.99. The monoisotopic (exact) mass is 802 g/mol. The smallest absolute Gasteiger partial charge is 0.452 e. The van der Waals surface area contributed by atoms with Gasteiger partial charge in [0, 0.05) is 18.0 Å². The first kappa shape index (κ1) is 45.3. The van der Waals surface area contributed by atoms with Crippen molar-refractivity contribution >= 4 is 41.2 Å². The molecule has 304 valence electrons. The zero-order valence-electron chi connectivity index (χ0n) is 32.7. The summed E-state index contributed by atoms with van der Waals surface area (Å²) in [4.78, 5) is 66.6. The lowest BCUT2D eigenvalue weighted by atomic mass is 9.87. The first-order valence-corrected chi connectivity index (χ1v) is 18.4. The predicted molar refractivity (Wildman–Crippen MR) is 206 cm³/mol.